The Hall–Kier alpha value is -2.24. The van der Waals surface area contributed by atoms with Gasteiger partial charge in [-0.1, -0.05) is 5.16 Å². The zero-order valence-corrected chi connectivity index (χ0v) is 20.3. The maximum atomic E-state index is 5.39. The van der Waals surface area contributed by atoms with E-state index in [0.717, 1.165) is 55.6 Å². The summed E-state index contributed by atoms with van der Waals surface area (Å²) in [5.41, 5.74) is 1.12. The van der Waals surface area contributed by atoms with Gasteiger partial charge >= 0.3 is 0 Å². The number of hydrogen-bond donors (Lipinski definition) is 2. The molecule has 1 saturated heterocycles. The highest BCUT2D eigenvalue weighted by Gasteiger charge is 2.21. The van der Waals surface area contributed by atoms with E-state index in [0.29, 0.717) is 24.3 Å². The molecular formula is C20H31IN6O3. The first-order valence-electron chi connectivity index (χ1n) is 9.93. The van der Waals surface area contributed by atoms with Crippen LogP contribution in [0.25, 0.3) is 0 Å². The van der Waals surface area contributed by atoms with Gasteiger partial charge in [0.1, 0.15) is 18.0 Å². The molecule has 9 nitrogen and oxygen atoms in total. The van der Waals surface area contributed by atoms with Gasteiger partial charge in [-0.25, -0.2) is 4.99 Å². The number of aliphatic imine (C=N–C) groups is 1. The third-order valence-electron chi connectivity index (χ3n) is 4.82. The first kappa shape index (κ1) is 24.0. The fraction of sp³-hybridized carbons (Fsp3) is 0.550. The third kappa shape index (κ3) is 6.64. The standard InChI is InChI=1S/C20H30N6O3.HI/c1-5-21-20(22-13-19-23-14(2)25-29-19)24-15-6-8-26(9-7-15)16-10-17(27-3)12-18(11-16)28-4;/h10-12,15H,5-9,13H2,1-4H3,(H2,21,22,24);1H. The number of hydrogen-bond acceptors (Lipinski definition) is 7. The number of piperidine rings is 1. The largest absolute Gasteiger partial charge is 0.497 e. The van der Waals surface area contributed by atoms with Crippen LogP contribution >= 0.6 is 24.0 Å². The number of anilines is 1. The molecule has 0 saturated carbocycles. The normalized spacial score (nSPS) is 14.8. The second-order valence-electron chi connectivity index (χ2n) is 6.91. The summed E-state index contributed by atoms with van der Waals surface area (Å²) in [6, 6.07) is 6.34. The molecule has 0 bridgehead atoms. The van der Waals surface area contributed by atoms with E-state index < -0.39 is 0 Å². The number of ether oxygens (including phenoxy) is 2. The van der Waals surface area contributed by atoms with E-state index in [9.17, 15) is 0 Å². The second kappa shape index (κ2) is 11.8. The molecule has 0 spiro atoms. The molecule has 0 aliphatic carbocycles. The average molecular weight is 530 g/mol. The average Bonchev–Trinajstić information content (AvgIpc) is 3.17. The smallest absolute Gasteiger partial charge is 0.248 e. The SMILES string of the molecule is CCNC(=NCc1nc(C)no1)NC1CCN(c2cc(OC)cc(OC)c2)CC1.I. The van der Waals surface area contributed by atoms with Crippen LogP contribution in [0.1, 0.15) is 31.5 Å². The van der Waals surface area contributed by atoms with Crippen molar-refractivity contribution < 1.29 is 14.0 Å². The molecular weight excluding hydrogens is 499 g/mol. The Labute approximate surface area is 194 Å². The molecule has 10 heteroatoms. The van der Waals surface area contributed by atoms with Crippen molar-refractivity contribution in [2.24, 2.45) is 4.99 Å². The Kier molecular flexibility index (Phi) is 9.47. The summed E-state index contributed by atoms with van der Waals surface area (Å²) >= 11 is 0. The Bertz CT molecular complexity index is 798. The molecule has 0 unspecified atom stereocenters. The molecule has 30 heavy (non-hydrogen) atoms. The second-order valence-corrected chi connectivity index (χ2v) is 6.91. The fourth-order valence-electron chi connectivity index (χ4n) is 3.32. The molecule has 0 radical (unpaired) electrons. The minimum Gasteiger partial charge on any atom is -0.497 e. The van der Waals surface area contributed by atoms with Crippen molar-refractivity contribution >= 4 is 35.6 Å². The highest BCUT2D eigenvalue weighted by molar-refractivity contribution is 14.0. The zero-order valence-electron chi connectivity index (χ0n) is 18.0. The van der Waals surface area contributed by atoms with Crippen LogP contribution in [-0.2, 0) is 6.54 Å². The lowest BCUT2D eigenvalue weighted by Crippen LogP contribution is -2.48. The van der Waals surface area contributed by atoms with Gasteiger partial charge in [-0.15, -0.1) is 24.0 Å². The van der Waals surface area contributed by atoms with Crippen molar-refractivity contribution in [2.75, 3.05) is 38.8 Å². The number of halogens is 1. The minimum absolute atomic E-state index is 0. The predicted molar refractivity (Wildman–Crippen MR) is 127 cm³/mol. The summed E-state index contributed by atoms with van der Waals surface area (Å²) in [6.07, 6.45) is 2.01. The Morgan fingerprint density at radius 1 is 1.20 bits per heavy atom. The molecule has 3 rings (SSSR count). The highest BCUT2D eigenvalue weighted by Crippen LogP contribution is 2.30. The maximum absolute atomic E-state index is 5.39. The lowest BCUT2D eigenvalue weighted by molar-refractivity contribution is 0.376. The van der Waals surface area contributed by atoms with Gasteiger partial charge in [-0.3, -0.25) is 0 Å². The molecule has 2 aromatic rings. The van der Waals surface area contributed by atoms with Gasteiger partial charge in [-0.2, -0.15) is 4.98 Å². The van der Waals surface area contributed by atoms with Crippen molar-refractivity contribution in [3.8, 4) is 11.5 Å². The number of methoxy groups -OCH3 is 2. The fourth-order valence-corrected chi connectivity index (χ4v) is 3.32. The summed E-state index contributed by atoms with van der Waals surface area (Å²) in [5, 5.41) is 10.6. The number of benzene rings is 1. The lowest BCUT2D eigenvalue weighted by atomic mass is 10.0. The number of nitrogens with one attached hydrogen (secondary N) is 2. The van der Waals surface area contributed by atoms with Crippen LogP contribution < -0.4 is 25.0 Å². The first-order chi connectivity index (χ1) is 14.1. The Morgan fingerprint density at radius 3 is 2.40 bits per heavy atom. The molecule has 1 aliphatic rings. The van der Waals surface area contributed by atoms with E-state index in [1.807, 2.05) is 25.1 Å². The van der Waals surface area contributed by atoms with E-state index in [4.69, 9.17) is 14.0 Å². The topological polar surface area (TPSA) is 97.0 Å². The van der Waals surface area contributed by atoms with Crippen molar-refractivity contribution in [2.45, 2.75) is 39.3 Å². The number of rotatable bonds is 7. The van der Waals surface area contributed by atoms with E-state index in [2.05, 4.69) is 30.7 Å². The predicted octanol–water partition coefficient (Wildman–Crippen LogP) is 2.74. The van der Waals surface area contributed by atoms with E-state index in [1.54, 1.807) is 21.1 Å². The summed E-state index contributed by atoms with van der Waals surface area (Å²) in [4.78, 5) is 11.1. The molecule has 1 fully saturated rings. The summed E-state index contributed by atoms with van der Waals surface area (Å²) in [5.74, 6) is 3.51. The van der Waals surface area contributed by atoms with E-state index in [1.165, 1.54) is 0 Å². The van der Waals surface area contributed by atoms with Gasteiger partial charge < -0.3 is 29.5 Å². The Morgan fingerprint density at radius 2 is 1.87 bits per heavy atom. The summed E-state index contributed by atoms with van der Waals surface area (Å²) < 4.78 is 15.9. The van der Waals surface area contributed by atoms with Gasteiger partial charge in [-0.05, 0) is 26.7 Å². The van der Waals surface area contributed by atoms with Crippen LogP contribution in [0.4, 0.5) is 5.69 Å². The number of aryl methyl sites for hydroxylation is 1. The van der Waals surface area contributed by atoms with Gasteiger partial charge in [0, 0.05) is 49.6 Å². The molecule has 166 valence electrons. The number of guanidine groups is 1. The van der Waals surface area contributed by atoms with Crippen molar-refractivity contribution in [1.82, 2.24) is 20.8 Å². The summed E-state index contributed by atoms with van der Waals surface area (Å²) in [6.45, 7) is 6.88. The summed E-state index contributed by atoms with van der Waals surface area (Å²) in [7, 11) is 3.35. The first-order valence-corrected chi connectivity index (χ1v) is 9.93. The molecule has 2 heterocycles. The van der Waals surface area contributed by atoms with E-state index >= 15 is 0 Å². The van der Waals surface area contributed by atoms with Gasteiger partial charge in [0.15, 0.2) is 11.8 Å². The molecule has 0 atom stereocenters. The van der Waals surface area contributed by atoms with Crippen LogP contribution in [0.5, 0.6) is 11.5 Å². The van der Waals surface area contributed by atoms with Crippen LogP contribution in [-0.4, -0.2) is 56.0 Å². The van der Waals surface area contributed by atoms with Gasteiger partial charge in [0.25, 0.3) is 0 Å². The van der Waals surface area contributed by atoms with Crippen molar-refractivity contribution in [1.29, 1.82) is 0 Å². The lowest BCUT2D eigenvalue weighted by Gasteiger charge is -2.34. The monoisotopic (exact) mass is 530 g/mol. The highest BCUT2D eigenvalue weighted by atomic mass is 127. The number of aromatic nitrogens is 2. The number of nitrogens with zero attached hydrogens (tertiary/aromatic N) is 4. The van der Waals surface area contributed by atoms with Crippen LogP contribution in [0.2, 0.25) is 0 Å². The van der Waals surface area contributed by atoms with Crippen LogP contribution in [0.3, 0.4) is 0 Å². The minimum atomic E-state index is 0. The van der Waals surface area contributed by atoms with Gasteiger partial charge in [0.05, 0.1) is 14.2 Å². The molecule has 1 aromatic heterocycles. The third-order valence-corrected chi connectivity index (χ3v) is 4.82. The van der Waals surface area contributed by atoms with Crippen molar-refractivity contribution in [3.05, 3.63) is 29.9 Å². The molecule has 2 N–H and O–H groups in total. The Balaban J connectivity index is 0.00000320. The molecule has 1 aromatic carbocycles. The van der Waals surface area contributed by atoms with Crippen molar-refractivity contribution in [3.63, 3.8) is 0 Å². The van der Waals surface area contributed by atoms with Crippen LogP contribution in [0.15, 0.2) is 27.7 Å². The maximum Gasteiger partial charge on any atom is 0.248 e. The quantitative estimate of drug-likeness (QED) is 0.321. The van der Waals surface area contributed by atoms with Crippen LogP contribution in [0, 0.1) is 6.92 Å². The van der Waals surface area contributed by atoms with E-state index in [-0.39, 0.29) is 24.0 Å². The van der Waals surface area contributed by atoms with Gasteiger partial charge in [0.2, 0.25) is 5.89 Å². The molecule has 1 aliphatic heterocycles. The zero-order chi connectivity index (χ0) is 20.6. The molecule has 0 amide bonds.